The normalized spacial score (nSPS) is 19.3. The van der Waals surface area contributed by atoms with Gasteiger partial charge in [-0.2, -0.15) is 0 Å². The molecule has 1 amide bonds. The van der Waals surface area contributed by atoms with Gasteiger partial charge in [0, 0.05) is 19.1 Å². The van der Waals surface area contributed by atoms with E-state index in [1.54, 1.807) is 12.1 Å². The maximum absolute atomic E-state index is 12.1. The molecule has 0 spiro atoms. The molecule has 2 rings (SSSR count). The quantitative estimate of drug-likeness (QED) is 0.811. The summed E-state index contributed by atoms with van der Waals surface area (Å²) in [4.78, 5) is 23.0. The van der Waals surface area contributed by atoms with Crippen LogP contribution in [-0.4, -0.2) is 55.1 Å². The largest absolute Gasteiger partial charge is 0.478 e. The fourth-order valence-electron chi connectivity index (χ4n) is 2.64. The predicted octanol–water partition coefficient (Wildman–Crippen LogP) is 0.468. The summed E-state index contributed by atoms with van der Waals surface area (Å²) in [6.45, 7) is 0.756. The molecule has 7 nitrogen and oxygen atoms in total. The maximum Gasteiger partial charge on any atom is 0.335 e. The number of carboxylic acids is 1. The monoisotopic (exact) mass is 340 g/mol. The first-order chi connectivity index (χ1) is 10.8. The lowest BCUT2D eigenvalue weighted by Gasteiger charge is -2.31. The van der Waals surface area contributed by atoms with Crippen LogP contribution in [0.25, 0.3) is 0 Å². The van der Waals surface area contributed by atoms with Gasteiger partial charge in [0.05, 0.1) is 18.2 Å². The Morgan fingerprint density at radius 3 is 2.78 bits per heavy atom. The lowest BCUT2D eigenvalue weighted by Crippen LogP contribution is -2.49. The lowest BCUT2D eigenvalue weighted by molar-refractivity contribution is -0.121. The molecule has 1 saturated heterocycles. The van der Waals surface area contributed by atoms with E-state index < -0.39 is 16.0 Å². The Kier molecular flexibility index (Phi) is 5.38. The number of nitrogens with one attached hydrogen (secondary N) is 1. The minimum absolute atomic E-state index is 0.0660. The number of carbonyl (C=O) groups excluding carboxylic acids is 1. The van der Waals surface area contributed by atoms with Crippen molar-refractivity contribution in [2.45, 2.75) is 25.3 Å². The molecule has 0 saturated carbocycles. The molecule has 0 bridgehead atoms. The van der Waals surface area contributed by atoms with Crippen molar-refractivity contribution in [3.8, 4) is 0 Å². The molecular formula is C15H20N2O5S. The molecule has 0 radical (unpaired) electrons. The lowest BCUT2D eigenvalue weighted by atomic mass is 10.1. The molecule has 23 heavy (non-hydrogen) atoms. The van der Waals surface area contributed by atoms with Crippen LogP contribution in [0.3, 0.4) is 0 Å². The zero-order valence-corrected chi connectivity index (χ0v) is 13.7. The van der Waals surface area contributed by atoms with Gasteiger partial charge in [0.2, 0.25) is 15.9 Å². The molecule has 1 atom stereocenters. The van der Waals surface area contributed by atoms with Gasteiger partial charge < -0.3 is 10.4 Å². The van der Waals surface area contributed by atoms with Crippen LogP contribution in [0.5, 0.6) is 0 Å². The van der Waals surface area contributed by atoms with Gasteiger partial charge in [-0.15, -0.1) is 0 Å². The van der Waals surface area contributed by atoms with Crippen molar-refractivity contribution in [3.63, 3.8) is 0 Å². The number of benzene rings is 1. The third kappa shape index (κ3) is 5.04. The van der Waals surface area contributed by atoms with Crippen molar-refractivity contribution in [1.82, 2.24) is 9.62 Å². The van der Waals surface area contributed by atoms with Gasteiger partial charge in [-0.05, 0) is 30.5 Å². The van der Waals surface area contributed by atoms with Crippen molar-refractivity contribution in [2.75, 3.05) is 19.3 Å². The average Bonchev–Trinajstić information content (AvgIpc) is 2.46. The molecule has 0 aromatic heterocycles. The van der Waals surface area contributed by atoms with Crippen LogP contribution < -0.4 is 5.32 Å². The number of carbonyl (C=O) groups is 2. The molecular weight excluding hydrogens is 320 g/mol. The van der Waals surface area contributed by atoms with Crippen LogP contribution in [0.1, 0.15) is 28.8 Å². The molecule has 1 aliphatic rings. The van der Waals surface area contributed by atoms with Crippen LogP contribution in [0.2, 0.25) is 0 Å². The van der Waals surface area contributed by atoms with E-state index in [0.29, 0.717) is 18.5 Å². The predicted molar refractivity (Wildman–Crippen MR) is 84.7 cm³/mol. The zero-order valence-electron chi connectivity index (χ0n) is 12.9. The Morgan fingerprint density at radius 2 is 2.13 bits per heavy atom. The van der Waals surface area contributed by atoms with E-state index in [2.05, 4.69) is 5.32 Å². The number of amides is 1. The van der Waals surface area contributed by atoms with E-state index in [4.69, 9.17) is 5.11 Å². The highest BCUT2D eigenvalue weighted by Crippen LogP contribution is 2.13. The van der Waals surface area contributed by atoms with Crippen LogP contribution in [0.15, 0.2) is 24.3 Å². The number of hydrogen-bond acceptors (Lipinski definition) is 4. The third-order valence-corrected chi connectivity index (χ3v) is 5.03. The summed E-state index contributed by atoms with van der Waals surface area (Å²) in [6.07, 6.45) is 2.66. The van der Waals surface area contributed by atoms with Gasteiger partial charge >= 0.3 is 5.97 Å². The number of nitrogens with zero attached hydrogens (tertiary/aromatic N) is 1. The van der Waals surface area contributed by atoms with Gasteiger partial charge in [0.1, 0.15) is 0 Å². The van der Waals surface area contributed by atoms with Crippen LogP contribution in [0.4, 0.5) is 0 Å². The van der Waals surface area contributed by atoms with E-state index in [-0.39, 0.29) is 30.5 Å². The second-order valence-corrected chi connectivity index (χ2v) is 7.69. The molecule has 1 aromatic carbocycles. The van der Waals surface area contributed by atoms with Crippen molar-refractivity contribution in [1.29, 1.82) is 0 Å². The first-order valence-corrected chi connectivity index (χ1v) is 9.17. The fraction of sp³-hybridized carbons (Fsp3) is 0.467. The van der Waals surface area contributed by atoms with Gasteiger partial charge in [-0.25, -0.2) is 17.5 Å². The molecule has 0 aliphatic carbocycles. The van der Waals surface area contributed by atoms with E-state index in [9.17, 15) is 18.0 Å². The summed E-state index contributed by atoms with van der Waals surface area (Å²) in [6, 6.07) is 6.00. The number of piperidine rings is 1. The summed E-state index contributed by atoms with van der Waals surface area (Å²) in [5.41, 5.74) is 0.745. The highest BCUT2D eigenvalue weighted by Gasteiger charge is 2.26. The molecule has 1 fully saturated rings. The van der Waals surface area contributed by atoms with Crippen molar-refractivity contribution >= 4 is 21.9 Å². The SMILES string of the molecule is CS(=O)(=O)N1CCCC(NC(=O)Cc2cccc(C(=O)O)c2)C1. The zero-order chi connectivity index (χ0) is 17.0. The van der Waals surface area contributed by atoms with Gasteiger partial charge in [-0.1, -0.05) is 12.1 Å². The molecule has 1 aromatic rings. The van der Waals surface area contributed by atoms with E-state index in [1.807, 2.05) is 0 Å². The minimum atomic E-state index is -3.25. The summed E-state index contributed by atoms with van der Waals surface area (Å²) in [7, 11) is -3.25. The van der Waals surface area contributed by atoms with E-state index in [1.165, 1.54) is 16.4 Å². The Bertz CT molecular complexity index is 702. The number of hydrogen-bond donors (Lipinski definition) is 2. The Hall–Kier alpha value is -1.93. The fourth-order valence-corrected chi connectivity index (χ4v) is 3.55. The number of rotatable bonds is 5. The molecule has 1 aliphatic heterocycles. The third-order valence-electron chi connectivity index (χ3n) is 3.76. The van der Waals surface area contributed by atoms with Crippen molar-refractivity contribution in [2.24, 2.45) is 0 Å². The standard InChI is InChI=1S/C15H20N2O5S/c1-23(21,22)17-7-3-6-13(10-17)16-14(18)9-11-4-2-5-12(8-11)15(19)20/h2,4-5,8,13H,3,6-7,9-10H2,1H3,(H,16,18)(H,19,20). The number of sulfonamides is 1. The second-order valence-electron chi connectivity index (χ2n) is 5.71. The van der Waals surface area contributed by atoms with E-state index >= 15 is 0 Å². The van der Waals surface area contributed by atoms with Crippen LogP contribution in [0, 0.1) is 0 Å². The Labute approximate surface area is 135 Å². The first kappa shape index (κ1) is 17.4. The smallest absolute Gasteiger partial charge is 0.335 e. The second kappa shape index (κ2) is 7.10. The number of aromatic carboxylic acids is 1. The Morgan fingerprint density at radius 1 is 1.39 bits per heavy atom. The molecule has 2 N–H and O–H groups in total. The number of carboxylic acid groups (broad SMARTS) is 1. The molecule has 8 heteroatoms. The summed E-state index contributed by atoms with van der Waals surface area (Å²) in [5, 5.41) is 11.8. The summed E-state index contributed by atoms with van der Waals surface area (Å²) < 4.78 is 24.5. The average molecular weight is 340 g/mol. The van der Waals surface area contributed by atoms with Gasteiger partial charge in [0.25, 0.3) is 0 Å². The van der Waals surface area contributed by atoms with Crippen molar-refractivity contribution in [3.05, 3.63) is 35.4 Å². The summed E-state index contributed by atoms with van der Waals surface area (Å²) in [5.74, 6) is -1.28. The first-order valence-electron chi connectivity index (χ1n) is 7.32. The molecule has 1 heterocycles. The molecule has 126 valence electrons. The van der Waals surface area contributed by atoms with Gasteiger partial charge in [0.15, 0.2) is 0 Å². The maximum atomic E-state index is 12.1. The summed E-state index contributed by atoms with van der Waals surface area (Å²) >= 11 is 0. The highest BCUT2D eigenvalue weighted by molar-refractivity contribution is 7.88. The minimum Gasteiger partial charge on any atom is -0.478 e. The van der Waals surface area contributed by atoms with Gasteiger partial charge in [-0.3, -0.25) is 4.79 Å². The van der Waals surface area contributed by atoms with E-state index in [0.717, 1.165) is 12.7 Å². The molecule has 1 unspecified atom stereocenters. The topological polar surface area (TPSA) is 104 Å². The van der Waals surface area contributed by atoms with Crippen LogP contribution in [-0.2, 0) is 21.2 Å². The Balaban J connectivity index is 1.94. The van der Waals surface area contributed by atoms with Crippen molar-refractivity contribution < 1.29 is 23.1 Å². The van der Waals surface area contributed by atoms with Crippen LogP contribution >= 0.6 is 0 Å². The highest BCUT2D eigenvalue weighted by atomic mass is 32.2.